The molecule has 2 aromatic rings. The minimum absolute atomic E-state index is 0.00883. The molecule has 0 saturated heterocycles. The van der Waals surface area contributed by atoms with Crippen molar-refractivity contribution in [1.82, 2.24) is 9.97 Å². The van der Waals surface area contributed by atoms with Gasteiger partial charge in [0.25, 0.3) is 5.69 Å². The number of hydrogen-bond acceptors (Lipinski definition) is 4. The number of methoxy groups -OCH3 is 1. The van der Waals surface area contributed by atoms with Gasteiger partial charge in [0.1, 0.15) is 11.8 Å². The van der Waals surface area contributed by atoms with Crippen LogP contribution in [0, 0.1) is 10.1 Å². The van der Waals surface area contributed by atoms with Crippen LogP contribution in [0.5, 0.6) is 0 Å². The van der Waals surface area contributed by atoms with Crippen LogP contribution >= 0.6 is 0 Å². The maximum atomic E-state index is 10.5. The molecule has 0 spiro atoms. The molecular formula is C9H9N3O3. The topological polar surface area (TPSA) is 81.1 Å². The van der Waals surface area contributed by atoms with Crippen molar-refractivity contribution in [3.05, 3.63) is 34.1 Å². The summed E-state index contributed by atoms with van der Waals surface area (Å²) in [5, 5.41) is 11.2. The van der Waals surface area contributed by atoms with Crippen molar-refractivity contribution >= 4 is 16.7 Å². The van der Waals surface area contributed by atoms with Gasteiger partial charge in [-0.05, 0) is 6.07 Å². The summed E-state index contributed by atoms with van der Waals surface area (Å²) in [6, 6.07) is 3.27. The summed E-state index contributed by atoms with van der Waals surface area (Å²) in [5.41, 5.74) is 1.47. The number of fused-ring (bicyclic) bond motifs is 1. The predicted molar refractivity (Wildman–Crippen MR) is 53.5 cm³/mol. The smallest absolute Gasteiger partial charge is 0.288 e. The average Bonchev–Trinajstić information content (AvgIpc) is 2.59. The number of rotatable bonds is 3. The van der Waals surface area contributed by atoms with Gasteiger partial charge in [0.2, 0.25) is 0 Å². The van der Waals surface area contributed by atoms with E-state index in [1.165, 1.54) is 12.3 Å². The summed E-state index contributed by atoms with van der Waals surface area (Å²) in [6.07, 6.45) is 1.23. The van der Waals surface area contributed by atoms with E-state index in [-0.39, 0.29) is 5.69 Å². The van der Waals surface area contributed by atoms with Crippen LogP contribution in [-0.2, 0) is 11.3 Å². The van der Waals surface area contributed by atoms with E-state index in [0.29, 0.717) is 12.3 Å². The summed E-state index contributed by atoms with van der Waals surface area (Å²) in [4.78, 5) is 17.0. The van der Waals surface area contributed by atoms with E-state index < -0.39 is 4.92 Å². The van der Waals surface area contributed by atoms with Crippen LogP contribution in [0.4, 0.5) is 5.69 Å². The maximum absolute atomic E-state index is 10.5. The Morgan fingerprint density at radius 3 is 3.07 bits per heavy atom. The summed E-state index contributed by atoms with van der Waals surface area (Å²) in [7, 11) is 1.58. The number of aromatic nitrogens is 2. The summed E-state index contributed by atoms with van der Waals surface area (Å²) < 4.78 is 4.94. The maximum Gasteiger partial charge on any atom is 0.288 e. The molecule has 0 bridgehead atoms. The Morgan fingerprint density at radius 1 is 1.60 bits per heavy atom. The van der Waals surface area contributed by atoms with Crippen molar-refractivity contribution in [2.75, 3.05) is 7.11 Å². The third-order valence-electron chi connectivity index (χ3n) is 2.02. The zero-order valence-electron chi connectivity index (χ0n) is 8.06. The molecule has 0 atom stereocenters. The Kier molecular flexibility index (Phi) is 2.34. The molecule has 0 aliphatic carbocycles. The summed E-state index contributed by atoms with van der Waals surface area (Å²) in [6.45, 7) is 0.435. The Hall–Kier alpha value is -1.95. The molecular weight excluding hydrogens is 198 g/mol. The number of nitro groups is 1. The Morgan fingerprint density at radius 2 is 2.40 bits per heavy atom. The first kappa shape index (κ1) is 9.60. The van der Waals surface area contributed by atoms with Crippen LogP contribution < -0.4 is 0 Å². The van der Waals surface area contributed by atoms with Gasteiger partial charge >= 0.3 is 0 Å². The zero-order chi connectivity index (χ0) is 10.8. The standard InChI is InChI=1S/C9H9N3O3/c1-15-5-7-2-6-3-8(12(13)14)4-10-9(6)11-7/h2-4H,5H2,1H3,(H,10,11). The highest BCUT2D eigenvalue weighted by atomic mass is 16.6. The fourth-order valence-corrected chi connectivity index (χ4v) is 1.39. The number of nitrogens with zero attached hydrogens (tertiary/aromatic N) is 2. The highest BCUT2D eigenvalue weighted by molar-refractivity contribution is 5.78. The molecule has 2 rings (SSSR count). The first-order valence-electron chi connectivity index (χ1n) is 4.31. The van der Waals surface area contributed by atoms with E-state index in [4.69, 9.17) is 4.74 Å². The quantitative estimate of drug-likeness (QED) is 0.612. The molecule has 0 radical (unpaired) electrons. The second kappa shape index (κ2) is 3.66. The van der Waals surface area contributed by atoms with Crippen molar-refractivity contribution in [3.8, 4) is 0 Å². The van der Waals surface area contributed by atoms with Crippen LogP contribution in [0.15, 0.2) is 18.3 Å². The minimum atomic E-state index is -0.463. The fraction of sp³-hybridized carbons (Fsp3) is 0.222. The van der Waals surface area contributed by atoms with E-state index in [1.54, 1.807) is 13.2 Å². The first-order valence-corrected chi connectivity index (χ1v) is 4.31. The van der Waals surface area contributed by atoms with Crippen LogP contribution in [0.25, 0.3) is 11.0 Å². The molecule has 2 heterocycles. The van der Waals surface area contributed by atoms with E-state index in [1.807, 2.05) is 0 Å². The molecule has 2 aromatic heterocycles. The van der Waals surface area contributed by atoms with Gasteiger partial charge in [-0.1, -0.05) is 0 Å². The highest BCUT2D eigenvalue weighted by Gasteiger charge is 2.09. The SMILES string of the molecule is COCc1cc2cc([N+](=O)[O-])cnc2[nH]1. The molecule has 0 aliphatic heterocycles. The number of pyridine rings is 1. The number of ether oxygens (including phenoxy) is 1. The van der Waals surface area contributed by atoms with Gasteiger partial charge in [-0.25, -0.2) is 4.98 Å². The Labute approximate surface area is 85.0 Å². The predicted octanol–water partition coefficient (Wildman–Crippen LogP) is 1.62. The lowest BCUT2D eigenvalue weighted by molar-refractivity contribution is -0.385. The van der Waals surface area contributed by atoms with E-state index >= 15 is 0 Å². The second-order valence-electron chi connectivity index (χ2n) is 3.12. The third-order valence-corrected chi connectivity index (χ3v) is 2.02. The molecule has 0 aromatic carbocycles. The normalized spacial score (nSPS) is 10.7. The molecule has 78 valence electrons. The van der Waals surface area contributed by atoms with Crippen molar-refractivity contribution in [1.29, 1.82) is 0 Å². The first-order chi connectivity index (χ1) is 7.20. The largest absolute Gasteiger partial charge is 0.378 e. The van der Waals surface area contributed by atoms with Gasteiger partial charge in [-0.15, -0.1) is 0 Å². The lowest BCUT2D eigenvalue weighted by atomic mass is 10.3. The van der Waals surface area contributed by atoms with Gasteiger partial charge in [0.15, 0.2) is 0 Å². The van der Waals surface area contributed by atoms with E-state index in [0.717, 1.165) is 11.1 Å². The van der Waals surface area contributed by atoms with Gasteiger partial charge in [0, 0.05) is 24.3 Å². The molecule has 0 aliphatic rings. The molecule has 0 amide bonds. The minimum Gasteiger partial charge on any atom is -0.378 e. The summed E-state index contributed by atoms with van der Waals surface area (Å²) >= 11 is 0. The third kappa shape index (κ3) is 1.79. The highest BCUT2D eigenvalue weighted by Crippen LogP contribution is 2.19. The lowest BCUT2D eigenvalue weighted by Crippen LogP contribution is -1.88. The van der Waals surface area contributed by atoms with E-state index in [2.05, 4.69) is 9.97 Å². The van der Waals surface area contributed by atoms with Crippen LogP contribution in [0.3, 0.4) is 0 Å². The second-order valence-corrected chi connectivity index (χ2v) is 3.12. The monoisotopic (exact) mass is 207 g/mol. The fourth-order valence-electron chi connectivity index (χ4n) is 1.39. The Balaban J connectivity index is 2.47. The van der Waals surface area contributed by atoms with Crippen LogP contribution in [0.2, 0.25) is 0 Å². The van der Waals surface area contributed by atoms with Crippen LogP contribution in [-0.4, -0.2) is 22.0 Å². The molecule has 0 unspecified atom stereocenters. The molecule has 0 saturated carbocycles. The summed E-state index contributed by atoms with van der Waals surface area (Å²) in [5.74, 6) is 0. The lowest BCUT2D eigenvalue weighted by Gasteiger charge is -1.91. The molecule has 15 heavy (non-hydrogen) atoms. The van der Waals surface area contributed by atoms with Gasteiger partial charge in [-0.2, -0.15) is 0 Å². The number of aromatic amines is 1. The van der Waals surface area contributed by atoms with Crippen molar-refractivity contribution in [2.24, 2.45) is 0 Å². The average molecular weight is 207 g/mol. The van der Waals surface area contributed by atoms with Gasteiger partial charge in [-0.3, -0.25) is 10.1 Å². The number of hydrogen-bond donors (Lipinski definition) is 1. The van der Waals surface area contributed by atoms with Crippen LogP contribution in [0.1, 0.15) is 5.69 Å². The van der Waals surface area contributed by atoms with Gasteiger partial charge in [0.05, 0.1) is 11.5 Å². The molecule has 6 nitrogen and oxygen atoms in total. The van der Waals surface area contributed by atoms with Crippen molar-refractivity contribution in [3.63, 3.8) is 0 Å². The number of nitrogens with one attached hydrogen (secondary N) is 1. The number of H-pyrrole nitrogens is 1. The van der Waals surface area contributed by atoms with Gasteiger partial charge < -0.3 is 9.72 Å². The Bertz CT molecular complexity index is 506. The zero-order valence-corrected chi connectivity index (χ0v) is 8.06. The van der Waals surface area contributed by atoms with Crippen molar-refractivity contribution < 1.29 is 9.66 Å². The molecule has 0 fully saturated rings. The van der Waals surface area contributed by atoms with Crippen molar-refractivity contribution in [2.45, 2.75) is 6.61 Å². The van der Waals surface area contributed by atoms with E-state index in [9.17, 15) is 10.1 Å². The molecule has 6 heteroatoms. The molecule has 1 N–H and O–H groups in total.